The summed E-state index contributed by atoms with van der Waals surface area (Å²) in [5, 5.41) is 0.300. The number of rotatable bonds is 10. The Morgan fingerprint density at radius 2 is 0.818 bits per heavy atom. The van der Waals surface area contributed by atoms with Crippen LogP contribution in [0.4, 0.5) is 0 Å². The summed E-state index contributed by atoms with van der Waals surface area (Å²) in [4.78, 5) is 0. The van der Waals surface area contributed by atoms with Gasteiger partial charge in [-0.05, 0) is 46.5 Å². The Morgan fingerprint density at radius 1 is 0.485 bits per heavy atom. The second kappa shape index (κ2) is 11.8. The van der Waals surface area contributed by atoms with Gasteiger partial charge >= 0.3 is 0 Å². The minimum Gasteiger partial charge on any atom is -0.497 e. The van der Waals surface area contributed by atoms with Crippen LogP contribution in [0.3, 0.4) is 0 Å². The van der Waals surface area contributed by atoms with Crippen molar-refractivity contribution in [3.63, 3.8) is 0 Å². The van der Waals surface area contributed by atoms with Gasteiger partial charge in [-0.25, -0.2) is 4.13 Å². The van der Waals surface area contributed by atoms with Gasteiger partial charge in [0.25, 0.3) is 0 Å². The predicted molar refractivity (Wildman–Crippen MR) is 141 cm³/mol. The normalized spacial score (nSPS) is 12.7. The Labute approximate surface area is 204 Å². The maximum absolute atomic E-state index is 5.35. The van der Waals surface area contributed by atoms with Gasteiger partial charge in [-0.1, -0.05) is 109 Å². The Bertz CT molecular complexity index is 1010. The maximum Gasteiger partial charge on any atom is 0.118 e. The van der Waals surface area contributed by atoms with Gasteiger partial charge in [-0.15, -0.1) is 0 Å². The highest BCUT2D eigenvalue weighted by molar-refractivity contribution is 8.13. The zero-order valence-electron chi connectivity index (χ0n) is 18.7. The summed E-state index contributed by atoms with van der Waals surface area (Å²) in [6.07, 6.45) is 0. The van der Waals surface area contributed by atoms with Crippen molar-refractivity contribution in [3.8, 4) is 11.5 Å². The molecule has 4 aromatic carbocycles. The van der Waals surface area contributed by atoms with Gasteiger partial charge in [-0.2, -0.15) is 0 Å². The molecule has 0 aliphatic rings. The van der Waals surface area contributed by atoms with E-state index in [0.29, 0.717) is 0 Å². The van der Waals surface area contributed by atoms with Crippen LogP contribution in [-0.2, 0) is 0 Å². The van der Waals surface area contributed by atoms with Crippen LogP contribution in [0.5, 0.6) is 11.5 Å². The van der Waals surface area contributed by atoms with E-state index < -0.39 is 0 Å². The molecule has 0 heterocycles. The second-order valence-corrected chi connectivity index (χ2v) is 9.53. The number of benzene rings is 4. The van der Waals surface area contributed by atoms with E-state index in [1.165, 1.54) is 22.3 Å². The maximum atomic E-state index is 5.35. The molecule has 168 valence electrons. The van der Waals surface area contributed by atoms with E-state index in [-0.39, 0.29) is 10.5 Å². The Hall–Kier alpha value is -2.86. The molecule has 4 rings (SSSR count). The van der Waals surface area contributed by atoms with Crippen molar-refractivity contribution in [2.24, 2.45) is 0 Å². The molecule has 0 saturated heterocycles. The van der Waals surface area contributed by atoms with Gasteiger partial charge in [0.15, 0.2) is 0 Å². The van der Waals surface area contributed by atoms with E-state index in [4.69, 9.17) is 9.47 Å². The molecule has 33 heavy (non-hydrogen) atoms. The Kier molecular flexibility index (Phi) is 8.36. The first-order chi connectivity index (χ1) is 16.3. The lowest BCUT2D eigenvalue weighted by Gasteiger charge is -2.22. The number of nitrogens with one attached hydrogen (secondary N) is 1. The van der Waals surface area contributed by atoms with Crippen LogP contribution in [-0.4, -0.2) is 14.2 Å². The van der Waals surface area contributed by atoms with Crippen LogP contribution in [0, 0.1) is 0 Å². The molecular weight excluding hydrogens is 446 g/mol. The third-order valence-corrected chi connectivity index (χ3v) is 7.70. The van der Waals surface area contributed by atoms with Crippen molar-refractivity contribution >= 4 is 23.9 Å². The van der Waals surface area contributed by atoms with E-state index in [1.54, 1.807) is 38.1 Å². The summed E-state index contributed by atoms with van der Waals surface area (Å²) in [6.45, 7) is 0. The minimum atomic E-state index is 0.150. The van der Waals surface area contributed by atoms with Gasteiger partial charge in [0.05, 0.1) is 24.7 Å². The van der Waals surface area contributed by atoms with Crippen molar-refractivity contribution in [1.82, 2.24) is 4.13 Å². The van der Waals surface area contributed by atoms with Gasteiger partial charge in [0.2, 0.25) is 0 Å². The fourth-order valence-corrected chi connectivity index (χ4v) is 5.76. The van der Waals surface area contributed by atoms with Crippen LogP contribution in [0.2, 0.25) is 0 Å². The lowest BCUT2D eigenvalue weighted by atomic mass is 10.0. The van der Waals surface area contributed by atoms with Crippen molar-refractivity contribution < 1.29 is 9.47 Å². The molecule has 0 aliphatic heterocycles. The monoisotopic (exact) mass is 473 g/mol. The minimum absolute atomic E-state index is 0.150. The van der Waals surface area contributed by atoms with Crippen LogP contribution in [0.15, 0.2) is 109 Å². The van der Waals surface area contributed by atoms with Crippen LogP contribution in [0.1, 0.15) is 32.8 Å². The summed E-state index contributed by atoms with van der Waals surface area (Å²) >= 11 is 3.43. The zero-order valence-corrected chi connectivity index (χ0v) is 20.3. The molecule has 4 aromatic rings. The first kappa shape index (κ1) is 23.3. The molecule has 0 amide bonds. The van der Waals surface area contributed by atoms with Gasteiger partial charge in [0, 0.05) is 0 Å². The summed E-state index contributed by atoms with van der Waals surface area (Å²) in [6, 6.07) is 37.7. The highest BCUT2D eigenvalue weighted by atomic mass is 32.2. The summed E-state index contributed by atoms with van der Waals surface area (Å²) < 4.78 is 14.3. The first-order valence-electron chi connectivity index (χ1n) is 10.7. The molecule has 0 fully saturated rings. The molecule has 0 bridgehead atoms. The van der Waals surface area contributed by atoms with Gasteiger partial charge in [0.1, 0.15) is 11.5 Å². The molecule has 5 heteroatoms. The van der Waals surface area contributed by atoms with Crippen molar-refractivity contribution in [2.45, 2.75) is 10.5 Å². The lowest BCUT2D eigenvalue weighted by molar-refractivity contribution is 0.414. The highest BCUT2D eigenvalue weighted by Gasteiger charge is 2.19. The molecule has 0 radical (unpaired) electrons. The molecule has 2 unspecified atom stereocenters. The number of ether oxygens (including phenoxy) is 2. The summed E-state index contributed by atoms with van der Waals surface area (Å²) in [5.74, 6) is 1.73. The quantitative estimate of drug-likeness (QED) is 0.241. The molecule has 0 aromatic heterocycles. The molecule has 1 N–H and O–H groups in total. The average Bonchev–Trinajstić information content (AvgIpc) is 2.90. The fourth-order valence-electron chi connectivity index (χ4n) is 3.59. The lowest BCUT2D eigenvalue weighted by Crippen LogP contribution is -2.06. The Morgan fingerprint density at radius 3 is 1.15 bits per heavy atom. The number of hydrogen-bond acceptors (Lipinski definition) is 5. The third-order valence-electron chi connectivity index (χ3n) is 5.37. The van der Waals surface area contributed by atoms with Crippen LogP contribution >= 0.6 is 23.9 Å². The average molecular weight is 474 g/mol. The zero-order chi connectivity index (χ0) is 22.9. The molecule has 2 atom stereocenters. The topological polar surface area (TPSA) is 30.5 Å². The molecule has 3 nitrogen and oxygen atoms in total. The Balaban J connectivity index is 1.54. The van der Waals surface area contributed by atoms with E-state index in [0.717, 1.165) is 11.5 Å². The second-order valence-electron chi connectivity index (χ2n) is 7.45. The molecule has 0 spiro atoms. The third kappa shape index (κ3) is 6.14. The van der Waals surface area contributed by atoms with Crippen molar-refractivity contribution in [2.75, 3.05) is 14.2 Å². The molecule has 0 aliphatic carbocycles. The number of hydrogen-bond donors (Lipinski definition) is 1. The number of methoxy groups -OCH3 is 2. The van der Waals surface area contributed by atoms with Crippen molar-refractivity contribution in [3.05, 3.63) is 131 Å². The largest absolute Gasteiger partial charge is 0.497 e. The van der Waals surface area contributed by atoms with E-state index >= 15 is 0 Å². The van der Waals surface area contributed by atoms with Crippen LogP contribution < -0.4 is 13.6 Å². The highest BCUT2D eigenvalue weighted by Crippen LogP contribution is 2.40. The van der Waals surface area contributed by atoms with E-state index in [1.807, 2.05) is 24.3 Å². The van der Waals surface area contributed by atoms with Gasteiger partial charge in [-0.3, -0.25) is 0 Å². The molecular formula is C28H27NO2S2. The van der Waals surface area contributed by atoms with E-state index in [2.05, 4.69) is 89.1 Å². The predicted octanol–water partition coefficient (Wildman–Crippen LogP) is 7.47. The fraction of sp³-hybridized carbons (Fsp3) is 0.143. The molecule has 0 saturated carbocycles. The summed E-state index contributed by atoms with van der Waals surface area (Å²) in [7, 11) is 3.39. The first-order valence-corrected chi connectivity index (χ1v) is 12.5. The van der Waals surface area contributed by atoms with E-state index in [9.17, 15) is 0 Å². The smallest absolute Gasteiger partial charge is 0.118 e. The van der Waals surface area contributed by atoms with Crippen LogP contribution in [0.25, 0.3) is 0 Å². The van der Waals surface area contributed by atoms with Crippen molar-refractivity contribution in [1.29, 1.82) is 0 Å². The summed E-state index contributed by atoms with van der Waals surface area (Å²) in [5.41, 5.74) is 4.95. The van der Waals surface area contributed by atoms with Gasteiger partial charge < -0.3 is 9.47 Å². The SMILES string of the molecule is COc1ccc(C(SNSC(c2ccccc2)c2ccc(OC)cc2)c2ccccc2)cc1. The standard InChI is InChI=1S/C28H27NO2S2/c1-30-25-17-13-23(14-18-25)27(21-9-5-3-6-10-21)32-29-33-28(22-11-7-4-8-12-22)24-15-19-26(31-2)20-16-24/h3-20,27-29H,1-2H3.